The standard InChI is InChI=1S/C12H19ClN4O3S/c1-15-5-6-20-10-3-4-17(7-9(10)15)21(18,19)12-11(13)16(2)8-14-12/h8-10H,3-7H2,1-2H3. The summed E-state index contributed by atoms with van der Waals surface area (Å²) in [7, 11) is 0.0154. The molecule has 1 aromatic heterocycles. The van der Waals surface area contributed by atoms with Gasteiger partial charge in [0.2, 0.25) is 5.03 Å². The van der Waals surface area contributed by atoms with Crippen LogP contribution in [0.15, 0.2) is 11.4 Å². The van der Waals surface area contributed by atoms with Crippen molar-refractivity contribution in [2.24, 2.45) is 7.05 Å². The molecule has 1 aromatic rings. The van der Waals surface area contributed by atoms with E-state index in [1.165, 1.54) is 15.2 Å². The molecule has 3 heterocycles. The number of morpholine rings is 1. The highest BCUT2D eigenvalue weighted by molar-refractivity contribution is 7.89. The maximum absolute atomic E-state index is 12.7. The van der Waals surface area contributed by atoms with Gasteiger partial charge in [-0.05, 0) is 13.5 Å². The van der Waals surface area contributed by atoms with Crippen molar-refractivity contribution in [2.45, 2.75) is 23.6 Å². The van der Waals surface area contributed by atoms with Crippen molar-refractivity contribution in [2.75, 3.05) is 33.3 Å². The van der Waals surface area contributed by atoms with Crippen LogP contribution in [-0.4, -0.2) is 72.6 Å². The lowest BCUT2D eigenvalue weighted by Crippen LogP contribution is -2.59. The summed E-state index contributed by atoms with van der Waals surface area (Å²) in [6, 6.07) is 0.0877. The number of nitrogens with zero attached hydrogens (tertiary/aromatic N) is 4. The van der Waals surface area contributed by atoms with Crippen LogP contribution in [0.1, 0.15) is 6.42 Å². The Morgan fingerprint density at radius 2 is 2.14 bits per heavy atom. The second kappa shape index (κ2) is 5.51. The lowest BCUT2D eigenvalue weighted by atomic mass is 10.0. The van der Waals surface area contributed by atoms with Crippen molar-refractivity contribution in [3.05, 3.63) is 11.5 Å². The zero-order valence-electron chi connectivity index (χ0n) is 12.1. The number of rotatable bonds is 2. The van der Waals surface area contributed by atoms with Crippen molar-refractivity contribution >= 4 is 21.6 Å². The molecule has 21 heavy (non-hydrogen) atoms. The number of fused-ring (bicyclic) bond motifs is 1. The molecule has 2 atom stereocenters. The SMILES string of the molecule is CN1CCOC2CCN(S(=O)(=O)c3ncn(C)c3Cl)CC21. The van der Waals surface area contributed by atoms with Gasteiger partial charge in [-0.2, -0.15) is 4.31 Å². The number of likely N-dealkylation sites (N-methyl/N-ethyl adjacent to an activating group) is 1. The molecule has 7 nitrogen and oxygen atoms in total. The van der Waals surface area contributed by atoms with E-state index in [1.807, 2.05) is 7.05 Å². The van der Waals surface area contributed by atoms with Crippen molar-refractivity contribution in [1.82, 2.24) is 18.8 Å². The van der Waals surface area contributed by atoms with E-state index in [0.717, 1.165) is 6.54 Å². The lowest BCUT2D eigenvalue weighted by molar-refractivity contribution is -0.0840. The predicted molar refractivity (Wildman–Crippen MR) is 77.8 cm³/mol. The first-order valence-electron chi connectivity index (χ1n) is 6.90. The molecule has 2 aliphatic rings. The molecule has 2 saturated heterocycles. The van der Waals surface area contributed by atoms with Gasteiger partial charge in [-0.15, -0.1) is 0 Å². The summed E-state index contributed by atoms with van der Waals surface area (Å²) in [6.07, 6.45) is 2.21. The molecule has 0 amide bonds. The first kappa shape index (κ1) is 15.2. The van der Waals surface area contributed by atoms with E-state index in [9.17, 15) is 8.42 Å². The van der Waals surface area contributed by atoms with Gasteiger partial charge >= 0.3 is 0 Å². The number of imidazole rings is 1. The van der Waals surface area contributed by atoms with Gasteiger partial charge in [-0.1, -0.05) is 11.6 Å². The van der Waals surface area contributed by atoms with Gasteiger partial charge in [0.25, 0.3) is 10.0 Å². The molecule has 2 unspecified atom stereocenters. The quantitative estimate of drug-likeness (QED) is 0.771. The van der Waals surface area contributed by atoms with Crippen LogP contribution < -0.4 is 0 Å². The van der Waals surface area contributed by atoms with Crippen molar-refractivity contribution in [1.29, 1.82) is 0 Å². The Morgan fingerprint density at radius 3 is 2.81 bits per heavy atom. The molecule has 3 rings (SSSR count). The van der Waals surface area contributed by atoms with E-state index in [0.29, 0.717) is 26.1 Å². The van der Waals surface area contributed by atoms with E-state index in [2.05, 4.69) is 9.88 Å². The van der Waals surface area contributed by atoms with Crippen LogP contribution in [0.3, 0.4) is 0 Å². The van der Waals surface area contributed by atoms with Crippen molar-refractivity contribution in [3.8, 4) is 0 Å². The van der Waals surface area contributed by atoms with Crippen LogP contribution in [0.4, 0.5) is 0 Å². The van der Waals surface area contributed by atoms with Crippen LogP contribution in [-0.2, 0) is 21.8 Å². The number of hydrogen-bond acceptors (Lipinski definition) is 5. The van der Waals surface area contributed by atoms with Gasteiger partial charge in [0.1, 0.15) is 5.15 Å². The summed E-state index contributed by atoms with van der Waals surface area (Å²) in [5, 5.41) is 0.0786. The van der Waals surface area contributed by atoms with E-state index in [-0.39, 0.29) is 22.3 Å². The van der Waals surface area contributed by atoms with Gasteiger partial charge in [0.15, 0.2) is 0 Å². The van der Waals surface area contributed by atoms with Crippen LogP contribution in [0.2, 0.25) is 5.15 Å². The number of halogens is 1. The summed E-state index contributed by atoms with van der Waals surface area (Å²) >= 11 is 6.04. The summed E-state index contributed by atoms with van der Waals surface area (Å²) in [5.41, 5.74) is 0. The smallest absolute Gasteiger partial charge is 0.263 e. The maximum atomic E-state index is 12.7. The summed E-state index contributed by atoms with van der Waals surface area (Å²) < 4.78 is 34.1. The molecule has 0 aromatic carbocycles. The van der Waals surface area contributed by atoms with Gasteiger partial charge in [0.05, 0.1) is 19.0 Å². The highest BCUT2D eigenvalue weighted by atomic mass is 35.5. The number of aromatic nitrogens is 2. The molecule has 0 saturated carbocycles. The minimum absolute atomic E-state index is 0.0653. The molecule has 2 aliphatic heterocycles. The Kier molecular flexibility index (Phi) is 4.00. The lowest BCUT2D eigenvalue weighted by Gasteiger charge is -2.44. The van der Waals surface area contributed by atoms with Gasteiger partial charge < -0.3 is 9.30 Å². The van der Waals surface area contributed by atoms with Crippen LogP contribution >= 0.6 is 11.6 Å². The summed E-state index contributed by atoms with van der Waals surface area (Å²) in [6.45, 7) is 2.37. The topological polar surface area (TPSA) is 67.7 Å². The summed E-state index contributed by atoms with van der Waals surface area (Å²) in [5.74, 6) is 0. The molecular formula is C12H19ClN4O3S. The van der Waals surface area contributed by atoms with Crippen molar-refractivity contribution in [3.63, 3.8) is 0 Å². The van der Waals surface area contributed by atoms with E-state index >= 15 is 0 Å². The van der Waals surface area contributed by atoms with Crippen LogP contribution in [0, 0.1) is 0 Å². The molecule has 0 N–H and O–H groups in total. The molecule has 118 valence electrons. The van der Waals surface area contributed by atoms with Crippen molar-refractivity contribution < 1.29 is 13.2 Å². The van der Waals surface area contributed by atoms with Gasteiger partial charge in [0, 0.05) is 32.7 Å². The Bertz CT molecular complexity index is 632. The normalized spacial score (nSPS) is 28.5. The zero-order chi connectivity index (χ0) is 15.2. The monoisotopic (exact) mass is 334 g/mol. The molecule has 0 spiro atoms. The highest BCUT2D eigenvalue weighted by Gasteiger charge is 2.41. The van der Waals surface area contributed by atoms with Gasteiger partial charge in [-0.25, -0.2) is 13.4 Å². The third-order valence-corrected chi connectivity index (χ3v) is 6.60. The van der Waals surface area contributed by atoms with E-state index in [4.69, 9.17) is 16.3 Å². The average molecular weight is 335 g/mol. The number of aryl methyl sites for hydroxylation is 1. The van der Waals surface area contributed by atoms with E-state index < -0.39 is 10.0 Å². The minimum atomic E-state index is -3.66. The molecule has 0 aliphatic carbocycles. The Hall–Kier alpha value is -0.670. The maximum Gasteiger partial charge on any atom is 0.263 e. The van der Waals surface area contributed by atoms with Crippen LogP contribution in [0.25, 0.3) is 0 Å². The minimum Gasteiger partial charge on any atom is -0.375 e. The van der Waals surface area contributed by atoms with E-state index in [1.54, 1.807) is 7.05 Å². The molecule has 0 radical (unpaired) electrons. The van der Waals surface area contributed by atoms with Crippen LogP contribution in [0.5, 0.6) is 0 Å². The average Bonchev–Trinajstić information content (AvgIpc) is 2.79. The number of hydrogen-bond donors (Lipinski definition) is 0. The Labute approximate surface area is 129 Å². The second-order valence-corrected chi connectivity index (χ2v) is 7.77. The first-order chi connectivity index (χ1) is 9.91. The number of ether oxygens (including phenoxy) is 1. The summed E-state index contributed by atoms with van der Waals surface area (Å²) in [4.78, 5) is 6.10. The number of sulfonamides is 1. The molecule has 2 fully saturated rings. The largest absolute Gasteiger partial charge is 0.375 e. The van der Waals surface area contributed by atoms with Gasteiger partial charge in [-0.3, -0.25) is 4.90 Å². The zero-order valence-corrected chi connectivity index (χ0v) is 13.6. The molecular weight excluding hydrogens is 316 g/mol. The molecule has 0 bridgehead atoms. The first-order valence-corrected chi connectivity index (χ1v) is 8.72. The third-order valence-electron chi connectivity index (χ3n) is 4.24. The Morgan fingerprint density at radius 1 is 1.38 bits per heavy atom. The fourth-order valence-electron chi connectivity index (χ4n) is 2.92. The predicted octanol–water partition coefficient (Wildman–Crippen LogP) is 0.167. The molecule has 9 heteroatoms. The highest BCUT2D eigenvalue weighted by Crippen LogP contribution is 2.28. The third kappa shape index (κ3) is 2.59. The second-order valence-electron chi connectivity index (χ2n) is 5.56. The number of piperidine rings is 1. The fourth-order valence-corrected chi connectivity index (χ4v) is 4.78. The Balaban J connectivity index is 1.85. The fraction of sp³-hybridized carbons (Fsp3) is 0.750.